The first-order valence-electron chi connectivity index (χ1n) is 42.4. The van der Waals surface area contributed by atoms with Crippen molar-refractivity contribution in [1.29, 1.82) is 0 Å². The average Bonchev–Trinajstić information content (AvgIpc) is 0.946. The van der Waals surface area contributed by atoms with E-state index >= 15 is 0 Å². The van der Waals surface area contributed by atoms with E-state index in [0.29, 0.717) is 31.6 Å². The Labute approximate surface area is 619 Å². The first-order chi connectivity index (χ1) is 48.8. The van der Waals surface area contributed by atoms with Crippen LogP contribution in [0.1, 0.15) is 427 Å². The fourth-order valence-electron chi connectivity index (χ4n) is 12.6. The van der Waals surface area contributed by atoms with E-state index in [-0.39, 0.29) is 25.7 Å². The molecule has 19 heteroatoms. The molecule has 0 radical (unpaired) electrons. The van der Waals surface area contributed by atoms with Crippen molar-refractivity contribution in [1.82, 2.24) is 0 Å². The number of phosphoric acid groups is 2. The SMILES string of the molecule is CCCCCCCCCCCCCCCCCCCCC(=O)OC[C@H](COP(=O)(O)OC[C@@H](O)COP(=O)(O)OC[C@@H](COC(=O)CCCCCCCCCC(C)C)OC(=O)CCCCCCCCCCC(C)CC)OC(=O)CCCCCCCCCCCCCCCCCCCCC(C)C. The fourth-order valence-corrected chi connectivity index (χ4v) is 14.2. The highest BCUT2D eigenvalue weighted by Crippen LogP contribution is 2.45. The molecule has 600 valence electrons. The monoisotopic (exact) mass is 1480 g/mol. The Hall–Kier alpha value is -1.94. The van der Waals surface area contributed by atoms with Crippen molar-refractivity contribution in [3.05, 3.63) is 0 Å². The van der Waals surface area contributed by atoms with Gasteiger partial charge in [0.1, 0.15) is 19.3 Å². The van der Waals surface area contributed by atoms with Crippen LogP contribution in [0.3, 0.4) is 0 Å². The highest BCUT2D eigenvalue weighted by atomic mass is 31.2. The van der Waals surface area contributed by atoms with Crippen LogP contribution in [0, 0.1) is 17.8 Å². The standard InChI is InChI=1S/C82H160O17P2/c1-8-10-11-12-13-14-15-16-17-18-22-25-28-31-34-42-49-56-63-79(84)92-69-77(98-81(86)65-58-51-43-35-32-29-26-23-20-19-21-24-27-30-33-39-46-53-60-73(3)4)71-96-100(88,89)94-67-76(83)68-95-101(90,91)97-72-78(70-93-80(85)64-57-50-45-38-40-47-54-61-74(5)6)99-82(87)66-59-52-44-37-36-41-48-55-62-75(7)9-2/h73-78,83H,8-72H2,1-7H3,(H,88,89)(H,90,91)/t75?,76-,77-,78-/m1/s1. The van der Waals surface area contributed by atoms with Crippen molar-refractivity contribution < 1.29 is 80.2 Å². The number of phosphoric ester groups is 2. The minimum atomic E-state index is -4.96. The largest absolute Gasteiger partial charge is 0.472 e. The highest BCUT2D eigenvalue weighted by Gasteiger charge is 2.30. The second kappa shape index (κ2) is 72.3. The van der Waals surface area contributed by atoms with Gasteiger partial charge < -0.3 is 33.8 Å². The van der Waals surface area contributed by atoms with Crippen molar-refractivity contribution in [3.63, 3.8) is 0 Å². The summed E-state index contributed by atoms with van der Waals surface area (Å²) >= 11 is 0. The molecule has 0 saturated carbocycles. The predicted molar refractivity (Wildman–Crippen MR) is 414 cm³/mol. The summed E-state index contributed by atoms with van der Waals surface area (Å²) in [4.78, 5) is 73.0. The Morgan fingerprint density at radius 2 is 0.505 bits per heavy atom. The van der Waals surface area contributed by atoms with E-state index in [2.05, 4.69) is 48.5 Å². The molecular weight excluding hydrogens is 1320 g/mol. The number of rotatable bonds is 80. The lowest BCUT2D eigenvalue weighted by Gasteiger charge is -2.21. The molecule has 0 heterocycles. The van der Waals surface area contributed by atoms with Gasteiger partial charge in [-0.15, -0.1) is 0 Å². The predicted octanol–water partition coefficient (Wildman–Crippen LogP) is 24.5. The Morgan fingerprint density at radius 3 is 0.752 bits per heavy atom. The maximum atomic E-state index is 13.1. The Bertz CT molecular complexity index is 1960. The molecule has 0 aliphatic rings. The number of hydrogen-bond acceptors (Lipinski definition) is 15. The molecular formula is C82H160O17P2. The van der Waals surface area contributed by atoms with E-state index in [1.807, 2.05) is 0 Å². The zero-order valence-electron chi connectivity index (χ0n) is 66.4. The number of carbonyl (C=O) groups excluding carboxylic acids is 4. The summed E-state index contributed by atoms with van der Waals surface area (Å²) in [5, 5.41) is 10.6. The van der Waals surface area contributed by atoms with Gasteiger partial charge in [-0.25, -0.2) is 9.13 Å². The topological polar surface area (TPSA) is 237 Å². The summed E-state index contributed by atoms with van der Waals surface area (Å²) in [6.45, 7) is 11.9. The molecule has 0 rings (SSSR count). The van der Waals surface area contributed by atoms with Gasteiger partial charge in [0.15, 0.2) is 12.2 Å². The second-order valence-corrected chi connectivity index (χ2v) is 33.6. The molecule has 0 spiro atoms. The summed E-state index contributed by atoms with van der Waals surface area (Å²) in [6.07, 6.45) is 61.2. The average molecular weight is 1480 g/mol. The summed E-state index contributed by atoms with van der Waals surface area (Å²) in [5.74, 6) is 0.182. The Balaban J connectivity index is 5.22. The van der Waals surface area contributed by atoms with Gasteiger partial charge >= 0.3 is 39.5 Å². The van der Waals surface area contributed by atoms with Gasteiger partial charge in [0.2, 0.25) is 0 Å². The number of aliphatic hydroxyl groups is 1. The molecule has 0 bridgehead atoms. The molecule has 101 heavy (non-hydrogen) atoms. The van der Waals surface area contributed by atoms with Crippen molar-refractivity contribution in [2.45, 2.75) is 446 Å². The van der Waals surface area contributed by atoms with Gasteiger partial charge in [0.05, 0.1) is 26.4 Å². The lowest BCUT2D eigenvalue weighted by Crippen LogP contribution is -2.30. The first-order valence-corrected chi connectivity index (χ1v) is 45.4. The molecule has 0 amide bonds. The molecule has 3 N–H and O–H groups in total. The molecule has 3 unspecified atom stereocenters. The minimum Gasteiger partial charge on any atom is -0.462 e. The third kappa shape index (κ3) is 74.7. The summed E-state index contributed by atoms with van der Waals surface area (Å²) in [7, 11) is -9.92. The van der Waals surface area contributed by atoms with Crippen molar-refractivity contribution in [2.75, 3.05) is 39.6 Å². The maximum absolute atomic E-state index is 13.1. The number of carbonyl (C=O) groups is 4. The van der Waals surface area contributed by atoms with Gasteiger partial charge in [0.25, 0.3) is 0 Å². The second-order valence-electron chi connectivity index (χ2n) is 30.7. The first kappa shape index (κ1) is 99.1. The molecule has 6 atom stereocenters. The normalized spacial score (nSPS) is 14.2. The van der Waals surface area contributed by atoms with E-state index in [9.17, 15) is 43.2 Å². The zero-order valence-corrected chi connectivity index (χ0v) is 68.2. The van der Waals surface area contributed by atoms with Gasteiger partial charge in [-0.05, 0) is 43.4 Å². The van der Waals surface area contributed by atoms with Crippen LogP contribution in [0.15, 0.2) is 0 Å². The summed E-state index contributed by atoms with van der Waals surface area (Å²) < 4.78 is 68.7. The van der Waals surface area contributed by atoms with Crippen LogP contribution in [0.2, 0.25) is 0 Å². The molecule has 17 nitrogen and oxygen atoms in total. The lowest BCUT2D eigenvalue weighted by atomic mass is 9.99. The summed E-state index contributed by atoms with van der Waals surface area (Å²) in [5.41, 5.74) is 0. The third-order valence-corrected chi connectivity index (χ3v) is 21.4. The van der Waals surface area contributed by atoms with Crippen LogP contribution in [0.4, 0.5) is 0 Å². The van der Waals surface area contributed by atoms with E-state index < -0.39 is 97.5 Å². The van der Waals surface area contributed by atoms with Gasteiger partial charge in [0, 0.05) is 25.7 Å². The molecule has 0 aromatic heterocycles. The quantitative estimate of drug-likeness (QED) is 0.0222. The van der Waals surface area contributed by atoms with Crippen LogP contribution in [-0.4, -0.2) is 96.7 Å². The third-order valence-electron chi connectivity index (χ3n) is 19.5. The van der Waals surface area contributed by atoms with Crippen molar-refractivity contribution >= 4 is 39.5 Å². The Morgan fingerprint density at radius 1 is 0.287 bits per heavy atom. The van der Waals surface area contributed by atoms with E-state index in [0.717, 1.165) is 108 Å². The molecule has 0 aromatic carbocycles. The van der Waals surface area contributed by atoms with Crippen LogP contribution < -0.4 is 0 Å². The smallest absolute Gasteiger partial charge is 0.462 e. The number of aliphatic hydroxyl groups excluding tert-OH is 1. The minimum absolute atomic E-state index is 0.104. The van der Waals surface area contributed by atoms with Gasteiger partial charge in [-0.1, -0.05) is 376 Å². The fraction of sp³-hybridized carbons (Fsp3) is 0.951. The Kier molecular flexibility index (Phi) is 70.9. The molecule has 0 aromatic rings. The van der Waals surface area contributed by atoms with Crippen LogP contribution in [0.5, 0.6) is 0 Å². The van der Waals surface area contributed by atoms with Gasteiger partial charge in [-0.2, -0.15) is 0 Å². The molecule has 0 aliphatic carbocycles. The van der Waals surface area contributed by atoms with Crippen molar-refractivity contribution in [2.24, 2.45) is 17.8 Å². The number of esters is 4. The van der Waals surface area contributed by atoms with Crippen LogP contribution in [0.25, 0.3) is 0 Å². The van der Waals surface area contributed by atoms with E-state index in [1.165, 1.54) is 231 Å². The molecule has 0 saturated heterocycles. The van der Waals surface area contributed by atoms with Gasteiger partial charge in [-0.3, -0.25) is 37.3 Å². The molecule has 0 fully saturated rings. The summed E-state index contributed by atoms with van der Waals surface area (Å²) in [6, 6.07) is 0. The number of unbranched alkanes of at least 4 members (excludes halogenated alkanes) is 47. The van der Waals surface area contributed by atoms with Crippen molar-refractivity contribution in [3.8, 4) is 0 Å². The zero-order chi connectivity index (χ0) is 74.4. The van der Waals surface area contributed by atoms with E-state index in [4.69, 9.17) is 37.0 Å². The highest BCUT2D eigenvalue weighted by molar-refractivity contribution is 7.47. The lowest BCUT2D eigenvalue weighted by molar-refractivity contribution is -0.161. The maximum Gasteiger partial charge on any atom is 0.472 e. The number of hydrogen-bond donors (Lipinski definition) is 3. The van der Waals surface area contributed by atoms with E-state index in [1.54, 1.807) is 0 Å². The molecule has 0 aliphatic heterocycles. The van der Waals surface area contributed by atoms with Crippen LogP contribution in [-0.2, 0) is 65.4 Å². The van der Waals surface area contributed by atoms with Crippen LogP contribution >= 0.6 is 15.6 Å². The number of ether oxygens (including phenoxy) is 4.